The van der Waals surface area contributed by atoms with Gasteiger partial charge in [0.05, 0.1) is 0 Å². The summed E-state index contributed by atoms with van der Waals surface area (Å²) in [6, 6.07) is 0. The van der Waals surface area contributed by atoms with E-state index in [2.05, 4.69) is 45.8 Å². The van der Waals surface area contributed by atoms with E-state index in [4.69, 9.17) is 0 Å². The number of piperazine rings is 1. The lowest BCUT2D eigenvalue weighted by molar-refractivity contribution is 0.135. The molecule has 2 aliphatic heterocycles. The van der Waals surface area contributed by atoms with Crippen molar-refractivity contribution >= 4 is 29.9 Å². The third kappa shape index (κ3) is 7.21. The van der Waals surface area contributed by atoms with Crippen molar-refractivity contribution in [3.63, 3.8) is 0 Å². The molecule has 0 aromatic heterocycles. The number of nitrogens with zero attached hydrogens (tertiary/aromatic N) is 4. The first-order chi connectivity index (χ1) is 11.6. The molecule has 5 nitrogen and oxygen atoms in total. The Morgan fingerprint density at radius 3 is 2.36 bits per heavy atom. The van der Waals surface area contributed by atoms with Crippen LogP contribution in [0.4, 0.5) is 0 Å². The Morgan fingerprint density at radius 2 is 1.76 bits per heavy atom. The van der Waals surface area contributed by atoms with Crippen LogP contribution in [0.2, 0.25) is 0 Å². The molecule has 0 bridgehead atoms. The molecular formula is C19H40IN5. The maximum Gasteiger partial charge on any atom is 0.193 e. The predicted octanol–water partition coefficient (Wildman–Crippen LogP) is 2.72. The standard InChI is InChI=1S/C19H39N5.HI/c1-5-8-19(3)9-7-11-24(17-19)18(20-4)21-10-12-23-15-13-22(6-2)14-16-23;/h5-17H2,1-4H3,(H,20,21);1H. The molecule has 0 radical (unpaired) electrons. The van der Waals surface area contributed by atoms with Crippen molar-refractivity contribution in [2.45, 2.75) is 46.5 Å². The summed E-state index contributed by atoms with van der Waals surface area (Å²) >= 11 is 0. The number of likely N-dealkylation sites (N-methyl/N-ethyl adjacent to an activating group) is 1. The fourth-order valence-corrected chi connectivity index (χ4v) is 4.29. The van der Waals surface area contributed by atoms with Crippen molar-refractivity contribution in [2.75, 3.05) is 66.0 Å². The average Bonchev–Trinajstić information content (AvgIpc) is 2.59. The first-order valence-electron chi connectivity index (χ1n) is 10.0. The van der Waals surface area contributed by atoms with Crippen LogP contribution in [0.1, 0.15) is 46.5 Å². The van der Waals surface area contributed by atoms with Gasteiger partial charge in [0.1, 0.15) is 0 Å². The molecule has 1 atom stereocenters. The van der Waals surface area contributed by atoms with Crippen LogP contribution >= 0.6 is 24.0 Å². The van der Waals surface area contributed by atoms with Gasteiger partial charge in [-0.2, -0.15) is 0 Å². The SMILES string of the molecule is CCCC1(C)CCCN(C(=NC)NCCN2CCN(CC)CC2)C1.I. The van der Waals surface area contributed by atoms with Crippen LogP contribution in [0, 0.1) is 5.41 Å². The number of halogens is 1. The Hall–Kier alpha value is -0.0800. The molecule has 2 heterocycles. The van der Waals surface area contributed by atoms with Crippen LogP contribution < -0.4 is 5.32 Å². The van der Waals surface area contributed by atoms with E-state index in [9.17, 15) is 0 Å². The molecule has 25 heavy (non-hydrogen) atoms. The molecule has 0 aliphatic carbocycles. The van der Waals surface area contributed by atoms with Gasteiger partial charge in [-0.25, -0.2) is 0 Å². The Balaban J connectivity index is 0.00000312. The Morgan fingerprint density at radius 1 is 1.08 bits per heavy atom. The van der Waals surface area contributed by atoms with Crippen molar-refractivity contribution in [1.29, 1.82) is 0 Å². The zero-order valence-corrected chi connectivity index (χ0v) is 19.2. The highest BCUT2D eigenvalue weighted by molar-refractivity contribution is 14.0. The molecule has 2 aliphatic rings. The molecule has 2 rings (SSSR count). The quantitative estimate of drug-likeness (QED) is 0.372. The van der Waals surface area contributed by atoms with E-state index in [1.165, 1.54) is 58.4 Å². The molecule has 1 N–H and O–H groups in total. The number of rotatable bonds is 6. The molecule has 6 heteroatoms. The second-order valence-corrected chi connectivity index (χ2v) is 7.84. The monoisotopic (exact) mass is 465 g/mol. The van der Waals surface area contributed by atoms with Gasteiger partial charge in [0.25, 0.3) is 0 Å². The smallest absolute Gasteiger partial charge is 0.193 e. The maximum atomic E-state index is 4.55. The summed E-state index contributed by atoms with van der Waals surface area (Å²) in [5, 5.41) is 3.61. The number of hydrogen-bond acceptors (Lipinski definition) is 3. The normalized spacial score (nSPS) is 26.4. The lowest BCUT2D eigenvalue weighted by Crippen LogP contribution is -2.52. The van der Waals surface area contributed by atoms with Gasteiger partial charge in [-0.3, -0.25) is 9.89 Å². The zero-order chi connectivity index (χ0) is 17.4. The number of nitrogens with one attached hydrogen (secondary N) is 1. The molecule has 0 saturated carbocycles. The summed E-state index contributed by atoms with van der Waals surface area (Å²) in [5.74, 6) is 1.10. The Bertz CT molecular complexity index is 391. The number of hydrogen-bond donors (Lipinski definition) is 1. The lowest BCUT2D eigenvalue weighted by Gasteiger charge is -2.42. The third-order valence-corrected chi connectivity index (χ3v) is 5.77. The zero-order valence-electron chi connectivity index (χ0n) is 16.9. The number of piperidine rings is 1. The van der Waals surface area contributed by atoms with E-state index in [0.29, 0.717) is 5.41 Å². The molecular weight excluding hydrogens is 425 g/mol. The molecule has 0 amide bonds. The minimum atomic E-state index is 0. The molecule has 0 aromatic rings. The van der Waals surface area contributed by atoms with E-state index >= 15 is 0 Å². The highest BCUT2D eigenvalue weighted by Gasteiger charge is 2.31. The Kier molecular flexibility index (Phi) is 10.6. The van der Waals surface area contributed by atoms with Gasteiger partial charge in [0.15, 0.2) is 5.96 Å². The minimum Gasteiger partial charge on any atom is -0.355 e. The Labute approximate surface area is 172 Å². The third-order valence-electron chi connectivity index (χ3n) is 5.77. The molecule has 2 fully saturated rings. The van der Waals surface area contributed by atoms with Crippen molar-refractivity contribution in [3.8, 4) is 0 Å². The molecule has 0 spiro atoms. The summed E-state index contributed by atoms with van der Waals surface area (Å²) in [6.45, 7) is 17.4. The van der Waals surface area contributed by atoms with Crippen molar-refractivity contribution in [2.24, 2.45) is 10.4 Å². The molecule has 0 aromatic carbocycles. The summed E-state index contributed by atoms with van der Waals surface area (Å²) < 4.78 is 0. The van der Waals surface area contributed by atoms with E-state index in [-0.39, 0.29) is 24.0 Å². The van der Waals surface area contributed by atoms with E-state index in [1.54, 1.807) is 0 Å². The fraction of sp³-hybridized carbons (Fsp3) is 0.947. The van der Waals surface area contributed by atoms with Crippen LogP contribution in [0.15, 0.2) is 4.99 Å². The number of likely N-dealkylation sites (tertiary alicyclic amines) is 1. The molecule has 2 saturated heterocycles. The summed E-state index contributed by atoms with van der Waals surface area (Å²) in [6.07, 6.45) is 5.24. The van der Waals surface area contributed by atoms with Crippen molar-refractivity contribution in [3.05, 3.63) is 0 Å². The van der Waals surface area contributed by atoms with E-state index < -0.39 is 0 Å². The number of guanidine groups is 1. The van der Waals surface area contributed by atoms with Crippen LogP contribution in [-0.2, 0) is 0 Å². The van der Waals surface area contributed by atoms with Gasteiger partial charge < -0.3 is 15.1 Å². The number of aliphatic imine (C=N–C) groups is 1. The van der Waals surface area contributed by atoms with Gasteiger partial charge in [0.2, 0.25) is 0 Å². The first-order valence-corrected chi connectivity index (χ1v) is 10.0. The predicted molar refractivity (Wildman–Crippen MR) is 119 cm³/mol. The van der Waals surface area contributed by atoms with Gasteiger partial charge in [-0.15, -0.1) is 24.0 Å². The van der Waals surface area contributed by atoms with Crippen LogP contribution in [0.25, 0.3) is 0 Å². The van der Waals surface area contributed by atoms with Crippen LogP contribution in [0.5, 0.6) is 0 Å². The van der Waals surface area contributed by atoms with Gasteiger partial charge in [-0.1, -0.05) is 27.2 Å². The largest absolute Gasteiger partial charge is 0.355 e. The van der Waals surface area contributed by atoms with E-state index in [0.717, 1.165) is 32.1 Å². The second kappa shape index (κ2) is 11.6. The minimum absolute atomic E-state index is 0. The summed E-state index contributed by atoms with van der Waals surface area (Å²) in [5.41, 5.74) is 0.459. The van der Waals surface area contributed by atoms with Crippen LogP contribution in [0.3, 0.4) is 0 Å². The summed E-state index contributed by atoms with van der Waals surface area (Å²) in [4.78, 5) is 12.1. The van der Waals surface area contributed by atoms with Gasteiger partial charge >= 0.3 is 0 Å². The maximum absolute atomic E-state index is 4.55. The lowest BCUT2D eigenvalue weighted by atomic mass is 9.78. The van der Waals surface area contributed by atoms with Crippen molar-refractivity contribution in [1.82, 2.24) is 20.0 Å². The summed E-state index contributed by atoms with van der Waals surface area (Å²) in [7, 11) is 1.92. The van der Waals surface area contributed by atoms with Gasteiger partial charge in [-0.05, 0) is 31.2 Å². The molecule has 1 unspecified atom stereocenters. The average molecular weight is 465 g/mol. The second-order valence-electron chi connectivity index (χ2n) is 7.84. The topological polar surface area (TPSA) is 34.1 Å². The van der Waals surface area contributed by atoms with Gasteiger partial charge in [0, 0.05) is 59.4 Å². The first kappa shape index (κ1) is 23.0. The van der Waals surface area contributed by atoms with E-state index in [1.807, 2.05) is 7.05 Å². The highest BCUT2D eigenvalue weighted by atomic mass is 127. The highest BCUT2D eigenvalue weighted by Crippen LogP contribution is 2.33. The molecule has 148 valence electrons. The van der Waals surface area contributed by atoms with Crippen molar-refractivity contribution < 1.29 is 0 Å². The fourth-order valence-electron chi connectivity index (χ4n) is 4.29. The van der Waals surface area contributed by atoms with Crippen LogP contribution in [-0.4, -0.2) is 86.6 Å².